The monoisotopic (exact) mass is 116 g/mol. The van der Waals surface area contributed by atoms with E-state index in [1.165, 1.54) is 4.79 Å². The number of aromatic amines is 2. The van der Waals surface area contributed by atoms with Gasteiger partial charge in [0.1, 0.15) is 0 Å². The Bertz CT molecular complexity index is 167. The summed E-state index contributed by atoms with van der Waals surface area (Å²) in [5, 5.41) is 2.62. The minimum atomic E-state index is 0.519. The molecule has 0 radical (unpaired) electrons. The van der Waals surface area contributed by atoms with Gasteiger partial charge in [-0.05, 0) is 0 Å². The number of hydrogen-bond donors (Lipinski definition) is 4. The topological polar surface area (TPSA) is 97.9 Å². The van der Waals surface area contributed by atoms with E-state index in [4.69, 9.17) is 11.7 Å². The van der Waals surface area contributed by atoms with Crippen molar-refractivity contribution in [2.45, 2.75) is 0 Å². The second-order valence-electron chi connectivity index (χ2n) is 1.28. The summed E-state index contributed by atoms with van der Waals surface area (Å²) < 4.78 is 0. The largest absolute Gasteiger partial charge is 0.522 e. The van der Waals surface area contributed by atoms with Crippen molar-refractivity contribution in [2.24, 2.45) is 5.84 Å². The van der Waals surface area contributed by atoms with E-state index in [0.717, 1.165) is 0 Å². The van der Waals surface area contributed by atoms with Gasteiger partial charge in [0.2, 0.25) is 0 Å². The Labute approximate surface area is 45.4 Å². The molecule has 0 aliphatic heterocycles. The number of nitrogens with one attached hydrogen (secondary N) is 3. The van der Waals surface area contributed by atoms with Crippen molar-refractivity contribution in [2.75, 3.05) is 11.3 Å². The summed E-state index contributed by atoms with van der Waals surface area (Å²) in [6, 6.07) is 0. The molecule has 0 atom stereocenters. The Balaban J connectivity index is 2.92. The van der Waals surface area contributed by atoms with Crippen molar-refractivity contribution < 1.29 is 9.77 Å². The molecule has 0 unspecified atom stereocenters. The molecule has 0 aromatic carbocycles. The second-order valence-corrected chi connectivity index (χ2v) is 1.28. The highest BCUT2D eigenvalue weighted by atomic mass is 15.6. The minimum Gasteiger partial charge on any atom is -0.229 e. The highest BCUT2D eigenvalue weighted by molar-refractivity contribution is 5.00. The van der Waals surface area contributed by atoms with Crippen LogP contribution in [0.3, 0.4) is 0 Å². The molecule has 0 aliphatic carbocycles. The smallest absolute Gasteiger partial charge is 0.229 e. The maximum Gasteiger partial charge on any atom is 0.522 e. The van der Waals surface area contributed by atoms with Gasteiger partial charge < -0.3 is 0 Å². The molecule has 0 saturated carbocycles. The fourth-order valence-corrected chi connectivity index (χ4v) is 0.415. The quantitative estimate of drug-likeness (QED) is 0.180. The molecule has 0 saturated heterocycles. The van der Waals surface area contributed by atoms with Crippen molar-refractivity contribution >= 4 is 5.95 Å². The number of anilines is 1. The number of aromatic nitrogens is 3. The van der Waals surface area contributed by atoms with E-state index in [-0.39, 0.29) is 0 Å². The summed E-state index contributed by atoms with van der Waals surface area (Å²) in [5.74, 6) is 10.7. The number of nitrogen functional groups attached to an aromatic ring is 2. The van der Waals surface area contributed by atoms with Crippen LogP contribution in [0.5, 0.6) is 0 Å². The van der Waals surface area contributed by atoms with E-state index in [9.17, 15) is 0 Å². The van der Waals surface area contributed by atoms with Gasteiger partial charge in [-0.1, -0.05) is 5.10 Å². The lowest BCUT2D eigenvalue weighted by Gasteiger charge is -1.77. The van der Waals surface area contributed by atoms with Crippen molar-refractivity contribution in [3.63, 3.8) is 0 Å². The lowest BCUT2D eigenvalue weighted by molar-refractivity contribution is -0.702. The van der Waals surface area contributed by atoms with Crippen molar-refractivity contribution in [1.29, 1.82) is 0 Å². The molecular formula is C2H8N6+2. The summed E-state index contributed by atoms with van der Waals surface area (Å²) in [5.41, 5.74) is 2.33. The van der Waals surface area contributed by atoms with Crippen molar-refractivity contribution in [3.8, 4) is 0 Å². The number of hydrazine groups is 1. The van der Waals surface area contributed by atoms with Crippen LogP contribution in [0.1, 0.15) is 0 Å². The van der Waals surface area contributed by atoms with Crippen LogP contribution in [0.15, 0.2) is 6.33 Å². The highest BCUT2D eigenvalue weighted by Crippen LogP contribution is 1.70. The van der Waals surface area contributed by atoms with Crippen LogP contribution < -0.4 is 26.9 Å². The van der Waals surface area contributed by atoms with Gasteiger partial charge in [-0.3, -0.25) is 0 Å². The number of nitrogens with two attached hydrogens (primary N) is 2. The number of nitrogens with zero attached hydrogens (tertiary/aromatic N) is 1. The molecule has 6 heteroatoms. The van der Waals surface area contributed by atoms with Gasteiger partial charge in [0, 0.05) is 0 Å². The van der Waals surface area contributed by atoms with Gasteiger partial charge in [0.15, 0.2) is 0 Å². The Hall–Kier alpha value is -1.30. The molecule has 0 spiro atoms. The molecule has 0 fully saturated rings. The van der Waals surface area contributed by atoms with Gasteiger partial charge in [0.05, 0.1) is 4.79 Å². The third-order valence-electron chi connectivity index (χ3n) is 0.790. The van der Waals surface area contributed by atoms with Gasteiger partial charge in [0.25, 0.3) is 6.33 Å². The number of hydrogen-bond acceptors (Lipinski definition) is 3. The molecule has 0 aliphatic rings. The molecule has 1 aromatic heterocycles. The van der Waals surface area contributed by atoms with Gasteiger partial charge in [-0.25, -0.2) is 5.84 Å². The molecule has 0 amide bonds. The zero-order valence-electron chi connectivity index (χ0n) is 4.18. The Morgan fingerprint density at radius 3 is 2.88 bits per heavy atom. The molecular weight excluding hydrogens is 108 g/mol. The van der Waals surface area contributed by atoms with Gasteiger partial charge >= 0.3 is 5.95 Å². The summed E-state index contributed by atoms with van der Waals surface area (Å²) >= 11 is 0. The van der Waals surface area contributed by atoms with E-state index >= 15 is 0 Å². The summed E-state index contributed by atoms with van der Waals surface area (Å²) in [6.07, 6.45) is 1.55. The Kier molecular flexibility index (Phi) is 1.01. The van der Waals surface area contributed by atoms with Crippen molar-refractivity contribution in [1.82, 2.24) is 5.10 Å². The van der Waals surface area contributed by atoms with E-state index in [1.54, 1.807) is 6.33 Å². The second kappa shape index (κ2) is 1.66. The Morgan fingerprint density at radius 1 is 1.88 bits per heavy atom. The Morgan fingerprint density at radius 2 is 2.62 bits per heavy atom. The predicted octanol–water partition coefficient (Wildman–Crippen LogP) is -2.88. The first-order valence-corrected chi connectivity index (χ1v) is 2.07. The zero-order chi connectivity index (χ0) is 5.98. The van der Waals surface area contributed by atoms with E-state index < -0.39 is 0 Å². The molecule has 8 heavy (non-hydrogen) atoms. The molecule has 1 heterocycles. The predicted molar refractivity (Wildman–Crippen MR) is 25.5 cm³/mol. The number of H-pyrrole nitrogens is 2. The minimum absolute atomic E-state index is 0.519. The van der Waals surface area contributed by atoms with Crippen LogP contribution in [-0.4, -0.2) is 5.10 Å². The SMILES string of the molecule is NNc1[nH+]c[nH][n+]1N. The van der Waals surface area contributed by atoms with Crippen LogP contribution in [-0.2, 0) is 0 Å². The first-order chi connectivity index (χ1) is 3.84. The van der Waals surface area contributed by atoms with Gasteiger partial charge in [-0.2, -0.15) is 16.3 Å². The van der Waals surface area contributed by atoms with Crippen LogP contribution in [0.25, 0.3) is 0 Å². The van der Waals surface area contributed by atoms with Crippen molar-refractivity contribution in [3.05, 3.63) is 6.33 Å². The van der Waals surface area contributed by atoms with Gasteiger partial charge in [-0.15, -0.1) is 0 Å². The maximum atomic E-state index is 5.24. The first kappa shape index (κ1) is 4.85. The standard InChI is InChI=1S/C2H6N6/c3-7-2-5-1-6-8(2)4/h1H,3-4H2,(H,5,6,7)/p+2. The fourth-order valence-electron chi connectivity index (χ4n) is 0.415. The molecule has 7 N–H and O–H groups in total. The lowest BCUT2D eigenvalue weighted by Crippen LogP contribution is -2.50. The van der Waals surface area contributed by atoms with Crippen LogP contribution in [0.4, 0.5) is 5.95 Å². The first-order valence-electron chi connectivity index (χ1n) is 2.07. The molecule has 0 bridgehead atoms. The highest BCUT2D eigenvalue weighted by Gasteiger charge is 2.10. The third-order valence-corrected chi connectivity index (χ3v) is 0.790. The molecule has 1 aromatic rings. The third kappa shape index (κ3) is 0.562. The molecule has 6 nitrogen and oxygen atoms in total. The van der Waals surface area contributed by atoms with E-state index in [0.29, 0.717) is 5.95 Å². The van der Waals surface area contributed by atoms with E-state index in [2.05, 4.69) is 15.5 Å². The number of rotatable bonds is 1. The van der Waals surface area contributed by atoms with Crippen LogP contribution >= 0.6 is 0 Å². The van der Waals surface area contributed by atoms with E-state index in [1.807, 2.05) is 0 Å². The normalized spacial score (nSPS) is 9.12. The zero-order valence-corrected chi connectivity index (χ0v) is 4.18. The summed E-state index contributed by atoms with van der Waals surface area (Å²) in [6.45, 7) is 0. The maximum absolute atomic E-state index is 5.24. The van der Waals surface area contributed by atoms with Crippen LogP contribution in [0, 0.1) is 0 Å². The molecule has 1 rings (SSSR count). The van der Waals surface area contributed by atoms with Crippen LogP contribution in [0.2, 0.25) is 0 Å². The molecule has 44 valence electrons. The fraction of sp³-hybridized carbons (Fsp3) is 0. The average molecular weight is 116 g/mol. The average Bonchev–Trinajstić information content (AvgIpc) is 2.14. The summed E-state index contributed by atoms with van der Waals surface area (Å²) in [7, 11) is 0. The lowest BCUT2D eigenvalue weighted by atomic mass is 11.1. The summed E-state index contributed by atoms with van der Waals surface area (Å²) in [4.78, 5) is 3.92.